The first-order valence-corrected chi connectivity index (χ1v) is 8.50. The Labute approximate surface area is 155 Å². The van der Waals surface area contributed by atoms with E-state index in [9.17, 15) is 14.0 Å². The number of aryl methyl sites for hydroxylation is 2. The summed E-state index contributed by atoms with van der Waals surface area (Å²) in [5.74, 6) is -1.29. The van der Waals surface area contributed by atoms with Gasteiger partial charge < -0.3 is 5.21 Å². The topological polar surface area (TPSA) is 39.8 Å². The maximum atomic E-state index is 14.4. The molecule has 0 unspecified atom stereocenters. The highest BCUT2D eigenvalue weighted by Gasteiger charge is 2.21. The highest BCUT2D eigenvalue weighted by molar-refractivity contribution is 6.00. The number of benzene rings is 2. The molecule has 4 rings (SSSR count). The quantitative estimate of drug-likeness (QED) is 0.368. The number of hydrogen-bond acceptors (Lipinski definition) is 2. The Hall–Kier alpha value is -3.34. The summed E-state index contributed by atoms with van der Waals surface area (Å²) in [4.78, 5) is 4.42. The molecule has 2 aromatic carbocycles. The Balaban J connectivity index is 2.08. The molecule has 27 heavy (non-hydrogen) atoms. The van der Waals surface area contributed by atoms with Crippen LogP contribution in [0.5, 0.6) is 0 Å². The molecule has 0 N–H and O–H groups in total. The molecule has 0 amide bonds. The molecule has 0 bridgehead atoms. The van der Waals surface area contributed by atoms with E-state index < -0.39 is 11.6 Å². The van der Waals surface area contributed by atoms with E-state index in [1.54, 1.807) is 12.1 Å². The minimum absolute atomic E-state index is 0.264. The third-order valence-corrected chi connectivity index (χ3v) is 4.75. The smallest absolute Gasteiger partial charge is 0.250 e. The van der Waals surface area contributed by atoms with Crippen molar-refractivity contribution in [1.29, 1.82) is 0 Å². The van der Waals surface area contributed by atoms with Gasteiger partial charge in [0.15, 0.2) is 6.20 Å². The van der Waals surface area contributed by atoms with Crippen LogP contribution in [0.1, 0.15) is 11.1 Å². The van der Waals surface area contributed by atoms with Gasteiger partial charge in [0.1, 0.15) is 17.2 Å². The molecule has 5 heteroatoms. The van der Waals surface area contributed by atoms with Gasteiger partial charge in [-0.15, -0.1) is 0 Å². The maximum Gasteiger partial charge on any atom is 0.250 e. The summed E-state index contributed by atoms with van der Waals surface area (Å²) in [5, 5.41) is 13.3. The average molecular weight is 362 g/mol. The Kier molecular flexibility index (Phi) is 4.07. The van der Waals surface area contributed by atoms with Gasteiger partial charge in [0.25, 0.3) is 5.69 Å². The van der Waals surface area contributed by atoms with Crippen LogP contribution in [0.4, 0.5) is 8.78 Å². The van der Waals surface area contributed by atoms with Crippen LogP contribution < -0.4 is 4.73 Å². The second-order valence-electron chi connectivity index (χ2n) is 6.50. The van der Waals surface area contributed by atoms with Crippen molar-refractivity contribution in [3.05, 3.63) is 88.9 Å². The monoisotopic (exact) mass is 362 g/mol. The van der Waals surface area contributed by atoms with Crippen molar-refractivity contribution in [3.63, 3.8) is 0 Å². The van der Waals surface area contributed by atoms with Gasteiger partial charge in [-0.3, -0.25) is 0 Å². The predicted molar refractivity (Wildman–Crippen MR) is 101 cm³/mol. The van der Waals surface area contributed by atoms with Gasteiger partial charge in [0.05, 0.1) is 5.56 Å². The fraction of sp³-hybridized carbons (Fsp3) is 0.0909. The van der Waals surface area contributed by atoms with Crippen molar-refractivity contribution in [2.24, 2.45) is 0 Å². The van der Waals surface area contributed by atoms with Crippen LogP contribution >= 0.6 is 0 Å². The second-order valence-corrected chi connectivity index (χ2v) is 6.50. The number of aromatic nitrogens is 2. The Morgan fingerprint density at radius 1 is 0.926 bits per heavy atom. The minimum Gasteiger partial charge on any atom is -0.618 e. The minimum atomic E-state index is -0.657. The number of fused-ring (bicyclic) bond motifs is 1. The van der Waals surface area contributed by atoms with Gasteiger partial charge in [0, 0.05) is 29.3 Å². The van der Waals surface area contributed by atoms with E-state index in [1.807, 2.05) is 32.0 Å². The molecule has 0 saturated carbocycles. The molecule has 4 aromatic rings. The maximum absolute atomic E-state index is 14.4. The molecule has 0 radical (unpaired) electrons. The largest absolute Gasteiger partial charge is 0.618 e. The molecule has 2 aromatic heterocycles. The lowest BCUT2D eigenvalue weighted by Crippen LogP contribution is -2.29. The molecule has 0 aliphatic rings. The lowest BCUT2D eigenvalue weighted by molar-refractivity contribution is -0.592. The molecule has 2 heterocycles. The van der Waals surface area contributed by atoms with E-state index >= 15 is 0 Å². The molecule has 0 aliphatic carbocycles. The van der Waals surface area contributed by atoms with Crippen LogP contribution in [0.3, 0.4) is 0 Å². The molecule has 0 aliphatic heterocycles. The SMILES string of the molecule is Cc1cccc(C)c1-c1c2nccc(-c3ccc(F)cc3F)c2cc[n+]1[O-]. The van der Waals surface area contributed by atoms with E-state index in [4.69, 9.17) is 0 Å². The van der Waals surface area contributed by atoms with Gasteiger partial charge in [0.2, 0.25) is 0 Å². The molecule has 134 valence electrons. The lowest BCUT2D eigenvalue weighted by atomic mass is 9.95. The molecule has 0 spiro atoms. The van der Waals surface area contributed by atoms with Crippen molar-refractivity contribution in [2.45, 2.75) is 13.8 Å². The summed E-state index contributed by atoms with van der Waals surface area (Å²) in [7, 11) is 0. The van der Waals surface area contributed by atoms with E-state index in [-0.39, 0.29) is 5.56 Å². The summed E-state index contributed by atoms with van der Waals surface area (Å²) in [6.07, 6.45) is 2.94. The fourth-order valence-corrected chi connectivity index (χ4v) is 3.51. The van der Waals surface area contributed by atoms with Gasteiger partial charge in [-0.1, -0.05) is 18.2 Å². The number of halogens is 2. The summed E-state index contributed by atoms with van der Waals surface area (Å²) >= 11 is 0. The van der Waals surface area contributed by atoms with E-state index in [0.29, 0.717) is 22.2 Å². The molecule has 3 nitrogen and oxygen atoms in total. The second kappa shape index (κ2) is 6.43. The van der Waals surface area contributed by atoms with Crippen molar-refractivity contribution in [3.8, 4) is 22.4 Å². The third-order valence-electron chi connectivity index (χ3n) is 4.75. The van der Waals surface area contributed by atoms with Crippen LogP contribution in [0, 0.1) is 30.7 Å². The van der Waals surface area contributed by atoms with Crippen molar-refractivity contribution in [2.75, 3.05) is 0 Å². The molecular weight excluding hydrogens is 346 g/mol. The van der Waals surface area contributed by atoms with Gasteiger partial charge in [-0.25, -0.2) is 13.8 Å². The Bertz CT molecular complexity index is 1170. The van der Waals surface area contributed by atoms with Crippen molar-refractivity contribution >= 4 is 10.9 Å². The zero-order valence-corrected chi connectivity index (χ0v) is 14.8. The number of pyridine rings is 2. The third kappa shape index (κ3) is 2.81. The van der Waals surface area contributed by atoms with Crippen LogP contribution in [0.2, 0.25) is 0 Å². The van der Waals surface area contributed by atoms with Gasteiger partial charge in [-0.05, 0) is 48.7 Å². The average Bonchev–Trinajstić information content (AvgIpc) is 2.63. The number of nitrogens with zero attached hydrogens (tertiary/aromatic N) is 2. The van der Waals surface area contributed by atoms with Gasteiger partial charge in [-0.2, -0.15) is 4.73 Å². The standard InChI is InChI=1S/C22H16F2N2O/c1-13-4-3-5-14(2)20(13)22-21-18(9-11-26(22)27)16(8-10-25-21)17-7-6-15(23)12-19(17)24/h3-12H,1-2H3. The van der Waals surface area contributed by atoms with Crippen LogP contribution in [-0.4, -0.2) is 4.98 Å². The first-order chi connectivity index (χ1) is 13.0. The summed E-state index contributed by atoms with van der Waals surface area (Å²) < 4.78 is 28.5. The Morgan fingerprint density at radius 3 is 2.37 bits per heavy atom. The highest BCUT2D eigenvalue weighted by atomic mass is 19.1. The van der Waals surface area contributed by atoms with Crippen molar-refractivity contribution < 1.29 is 13.5 Å². The lowest BCUT2D eigenvalue weighted by Gasteiger charge is -2.14. The first kappa shape index (κ1) is 17.1. The zero-order chi connectivity index (χ0) is 19.1. The van der Waals surface area contributed by atoms with Crippen LogP contribution in [0.15, 0.2) is 60.9 Å². The first-order valence-electron chi connectivity index (χ1n) is 8.50. The van der Waals surface area contributed by atoms with Gasteiger partial charge >= 0.3 is 0 Å². The molecule has 0 saturated heterocycles. The van der Waals surface area contributed by atoms with E-state index in [2.05, 4.69) is 4.98 Å². The predicted octanol–water partition coefficient (Wildman–Crippen LogP) is 5.10. The summed E-state index contributed by atoms with van der Waals surface area (Å²) in [6.45, 7) is 3.87. The zero-order valence-electron chi connectivity index (χ0n) is 14.8. The van der Waals surface area contributed by atoms with E-state index in [1.165, 1.54) is 24.5 Å². The van der Waals surface area contributed by atoms with E-state index in [0.717, 1.165) is 27.5 Å². The van der Waals surface area contributed by atoms with Crippen LogP contribution in [-0.2, 0) is 0 Å². The summed E-state index contributed by atoms with van der Waals surface area (Å²) in [6, 6.07) is 12.6. The fourth-order valence-electron chi connectivity index (χ4n) is 3.51. The number of rotatable bonds is 2. The summed E-state index contributed by atoms with van der Waals surface area (Å²) in [5.41, 5.74) is 4.44. The van der Waals surface area contributed by atoms with Crippen molar-refractivity contribution in [1.82, 2.24) is 4.98 Å². The number of hydrogen-bond donors (Lipinski definition) is 0. The molecule has 0 atom stereocenters. The molecule has 0 fully saturated rings. The molecular formula is C22H16F2N2O. The highest BCUT2D eigenvalue weighted by Crippen LogP contribution is 2.34. The Morgan fingerprint density at radius 2 is 1.67 bits per heavy atom. The van der Waals surface area contributed by atoms with Crippen LogP contribution in [0.25, 0.3) is 33.3 Å². The normalized spacial score (nSPS) is 11.1.